The van der Waals surface area contributed by atoms with E-state index in [0.717, 1.165) is 17.7 Å². The Kier molecular flexibility index (Phi) is 4.65. The molecule has 0 aliphatic rings. The summed E-state index contributed by atoms with van der Waals surface area (Å²) in [5.41, 5.74) is 2.15. The first-order valence-electron chi connectivity index (χ1n) is 7.17. The molecule has 0 bridgehead atoms. The van der Waals surface area contributed by atoms with Crippen molar-refractivity contribution in [3.8, 4) is 5.69 Å². The third-order valence-electron chi connectivity index (χ3n) is 3.41. The Morgan fingerprint density at radius 1 is 1.23 bits per heavy atom. The third kappa shape index (κ3) is 3.83. The zero-order valence-electron chi connectivity index (χ0n) is 12.1. The summed E-state index contributed by atoms with van der Waals surface area (Å²) in [5.74, 6) is 0.0899. The zero-order chi connectivity index (χ0) is 15.2. The number of nitrogens with zero attached hydrogens (tertiary/aromatic N) is 2. The number of thiophene rings is 1. The van der Waals surface area contributed by atoms with Gasteiger partial charge in [0.1, 0.15) is 0 Å². The van der Waals surface area contributed by atoms with Crippen molar-refractivity contribution >= 4 is 17.2 Å². The molecule has 4 nitrogen and oxygen atoms in total. The molecular weight excluding hydrogens is 294 g/mol. The van der Waals surface area contributed by atoms with Gasteiger partial charge < -0.3 is 9.88 Å². The highest BCUT2D eigenvalue weighted by Crippen LogP contribution is 2.11. The van der Waals surface area contributed by atoms with E-state index in [1.807, 2.05) is 46.5 Å². The van der Waals surface area contributed by atoms with E-state index >= 15 is 0 Å². The lowest BCUT2D eigenvalue weighted by molar-refractivity contribution is -0.121. The molecule has 0 spiro atoms. The molecule has 0 aliphatic carbocycles. The van der Waals surface area contributed by atoms with Crippen LogP contribution in [0.5, 0.6) is 0 Å². The number of aromatic nitrogens is 2. The summed E-state index contributed by atoms with van der Waals surface area (Å²) >= 11 is 1.69. The predicted octanol–water partition coefficient (Wildman–Crippen LogP) is 3.18. The smallest absolute Gasteiger partial charge is 0.220 e. The number of hydrogen-bond donors (Lipinski definition) is 1. The van der Waals surface area contributed by atoms with Crippen molar-refractivity contribution in [1.29, 1.82) is 0 Å². The number of aryl methyl sites for hydroxylation is 1. The van der Waals surface area contributed by atoms with E-state index in [2.05, 4.69) is 16.4 Å². The number of imidazole rings is 1. The Hall–Kier alpha value is -2.40. The first-order valence-corrected chi connectivity index (χ1v) is 8.05. The van der Waals surface area contributed by atoms with E-state index < -0.39 is 0 Å². The van der Waals surface area contributed by atoms with Crippen LogP contribution in [0.4, 0.5) is 0 Å². The van der Waals surface area contributed by atoms with E-state index in [1.165, 1.54) is 4.88 Å². The van der Waals surface area contributed by atoms with E-state index in [0.29, 0.717) is 13.0 Å². The van der Waals surface area contributed by atoms with Gasteiger partial charge in [-0.25, -0.2) is 4.98 Å². The maximum Gasteiger partial charge on any atom is 0.220 e. The Balaban J connectivity index is 1.48. The largest absolute Gasteiger partial charge is 0.352 e. The summed E-state index contributed by atoms with van der Waals surface area (Å²) in [6.07, 6.45) is 6.77. The van der Waals surface area contributed by atoms with Crippen molar-refractivity contribution in [1.82, 2.24) is 14.9 Å². The minimum absolute atomic E-state index is 0.0899. The summed E-state index contributed by atoms with van der Waals surface area (Å²) in [4.78, 5) is 17.1. The van der Waals surface area contributed by atoms with E-state index in [9.17, 15) is 4.79 Å². The second-order valence-electron chi connectivity index (χ2n) is 4.99. The molecule has 0 aliphatic heterocycles. The second kappa shape index (κ2) is 7.04. The maximum atomic E-state index is 11.8. The van der Waals surface area contributed by atoms with Crippen LogP contribution in [0.15, 0.2) is 60.5 Å². The van der Waals surface area contributed by atoms with Crippen LogP contribution in [0, 0.1) is 0 Å². The average molecular weight is 311 g/mol. The molecule has 5 heteroatoms. The first kappa shape index (κ1) is 14.5. The molecule has 2 aromatic heterocycles. The molecule has 0 radical (unpaired) electrons. The highest BCUT2D eigenvalue weighted by molar-refractivity contribution is 7.09. The number of benzene rings is 1. The summed E-state index contributed by atoms with van der Waals surface area (Å²) in [7, 11) is 0. The van der Waals surface area contributed by atoms with Gasteiger partial charge >= 0.3 is 0 Å². The van der Waals surface area contributed by atoms with Gasteiger partial charge in [-0.15, -0.1) is 11.3 Å². The van der Waals surface area contributed by atoms with Crippen LogP contribution in [-0.4, -0.2) is 15.5 Å². The minimum atomic E-state index is 0.0899. The van der Waals surface area contributed by atoms with Gasteiger partial charge in [0.15, 0.2) is 0 Å². The summed E-state index contributed by atoms with van der Waals surface area (Å²) < 4.78 is 1.95. The third-order valence-corrected chi connectivity index (χ3v) is 4.34. The molecule has 1 aromatic carbocycles. The Morgan fingerprint density at radius 2 is 2.09 bits per heavy atom. The highest BCUT2D eigenvalue weighted by Gasteiger charge is 2.03. The van der Waals surface area contributed by atoms with Crippen LogP contribution in [0.2, 0.25) is 0 Å². The van der Waals surface area contributed by atoms with E-state index in [4.69, 9.17) is 0 Å². The van der Waals surface area contributed by atoms with Gasteiger partial charge in [-0.05, 0) is 35.6 Å². The Labute approximate surface area is 133 Å². The fraction of sp³-hybridized carbons (Fsp3) is 0.176. The predicted molar refractivity (Wildman–Crippen MR) is 88.1 cm³/mol. The van der Waals surface area contributed by atoms with Gasteiger partial charge in [-0.3, -0.25) is 4.79 Å². The minimum Gasteiger partial charge on any atom is -0.352 e. The molecule has 0 fully saturated rings. The summed E-state index contributed by atoms with van der Waals surface area (Å²) in [6.45, 7) is 0.563. The van der Waals surface area contributed by atoms with Gasteiger partial charge in [-0.1, -0.05) is 18.2 Å². The highest BCUT2D eigenvalue weighted by atomic mass is 32.1. The molecule has 1 amide bonds. The van der Waals surface area contributed by atoms with Crippen LogP contribution in [-0.2, 0) is 17.8 Å². The molecule has 0 saturated heterocycles. The molecule has 0 saturated carbocycles. The number of carbonyl (C=O) groups is 1. The standard InChI is InChI=1S/C17H17N3OS/c21-17(8-7-16-2-1-11-22-16)19-12-14-3-5-15(6-4-14)20-10-9-18-13-20/h1-6,9-11,13H,7-8,12H2,(H,19,21). The Bertz CT molecular complexity index is 703. The lowest BCUT2D eigenvalue weighted by atomic mass is 10.2. The van der Waals surface area contributed by atoms with E-state index in [-0.39, 0.29) is 5.91 Å². The van der Waals surface area contributed by atoms with Crippen molar-refractivity contribution in [2.75, 3.05) is 0 Å². The molecule has 112 valence electrons. The molecule has 0 unspecified atom stereocenters. The summed E-state index contributed by atoms with van der Waals surface area (Å²) in [5, 5.41) is 5.00. The first-order chi connectivity index (χ1) is 10.8. The van der Waals surface area contributed by atoms with Crippen molar-refractivity contribution in [2.45, 2.75) is 19.4 Å². The Morgan fingerprint density at radius 3 is 2.77 bits per heavy atom. The summed E-state index contributed by atoms with van der Waals surface area (Å²) in [6, 6.07) is 12.2. The normalized spacial score (nSPS) is 10.5. The van der Waals surface area contributed by atoms with Gasteiger partial charge in [0.2, 0.25) is 5.91 Å². The fourth-order valence-corrected chi connectivity index (χ4v) is 2.89. The second-order valence-corrected chi connectivity index (χ2v) is 6.02. The van der Waals surface area contributed by atoms with Crippen LogP contribution in [0.3, 0.4) is 0 Å². The fourth-order valence-electron chi connectivity index (χ4n) is 2.18. The number of nitrogens with one attached hydrogen (secondary N) is 1. The molecule has 22 heavy (non-hydrogen) atoms. The lowest BCUT2D eigenvalue weighted by Crippen LogP contribution is -2.22. The van der Waals surface area contributed by atoms with Gasteiger partial charge in [0.25, 0.3) is 0 Å². The molecule has 2 heterocycles. The van der Waals surface area contributed by atoms with Crippen LogP contribution in [0.1, 0.15) is 16.9 Å². The topological polar surface area (TPSA) is 46.9 Å². The monoisotopic (exact) mass is 311 g/mol. The average Bonchev–Trinajstić information content (AvgIpc) is 3.24. The maximum absolute atomic E-state index is 11.8. The number of hydrogen-bond acceptors (Lipinski definition) is 3. The number of rotatable bonds is 6. The van der Waals surface area contributed by atoms with Crippen molar-refractivity contribution in [3.63, 3.8) is 0 Å². The van der Waals surface area contributed by atoms with Crippen LogP contribution < -0.4 is 5.32 Å². The van der Waals surface area contributed by atoms with Crippen molar-refractivity contribution in [2.24, 2.45) is 0 Å². The van der Waals surface area contributed by atoms with Gasteiger partial charge in [0.05, 0.1) is 6.33 Å². The van der Waals surface area contributed by atoms with Gasteiger partial charge in [0, 0.05) is 35.9 Å². The quantitative estimate of drug-likeness (QED) is 0.760. The zero-order valence-corrected chi connectivity index (χ0v) is 12.9. The van der Waals surface area contributed by atoms with E-state index in [1.54, 1.807) is 23.9 Å². The molecular formula is C17H17N3OS. The van der Waals surface area contributed by atoms with Crippen molar-refractivity contribution in [3.05, 3.63) is 70.9 Å². The van der Waals surface area contributed by atoms with Crippen molar-refractivity contribution < 1.29 is 4.79 Å². The molecule has 0 atom stereocenters. The number of amides is 1. The number of carbonyl (C=O) groups excluding carboxylic acids is 1. The SMILES string of the molecule is O=C(CCc1cccs1)NCc1ccc(-n2ccnc2)cc1. The molecule has 1 N–H and O–H groups in total. The van der Waals surface area contributed by atoms with Crippen LogP contribution >= 0.6 is 11.3 Å². The molecule has 3 rings (SSSR count). The van der Waals surface area contributed by atoms with Gasteiger partial charge in [-0.2, -0.15) is 0 Å². The molecule has 3 aromatic rings. The van der Waals surface area contributed by atoms with Crippen LogP contribution in [0.25, 0.3) is 5.69 Å². The lowest BCUT2D eigenvalue weighted by Gasteiger charge is -2.07.